The summed E-state index contributed by atoms with van der Waals surface area (Å²) in [5.74, 6) is -4.63. The first-order chi connectivity index (χ1) is 9.87. The molecule has 0 atom stereocenters. The van der Waals surface area contributed by atoms with Gasteiger partial charge in [-0.2, -0.15) is 0 Å². The van der Waals surface area contributed by atoms with Gasteiger partial charge < -0.3 is 9.47 Å². The molecular weight excluding hydrogens is 272 g/mol. The summed E-state index contributed by atoms with van der Waals surface area (Å²) in [5, 5.41) is 0. The van der Waals surface area contributed by atoms with Gasteiger partial charge in [-0.15, -0.1) is 0 Å². The monoisotopic (exact) mass is 298 g/mol. The number of Topliss-reactive ketones (excluding diaryl/α,β-unsaturated/α-hetero) is 1. The Labute approximate surface area is 126 Å². The van der Waals surface area contributed by atoms with Crippen molar-refractivity contribution >= 4 is 17.7 Å². The van der Waals surface area contributed by atoms with Crippen molar-refractivity contribution in [3.8, 4) is 0 Å². The first-order valence-corrected chi connectivity index (χ1v) is 7.86. The van der Waals surface area contributed by atoms with Crippen LogP contribution in [0.25, 0.3) is 0 Å². The summed E-state index contributed by atoms with van der Waals surface area (Å²) in [6.45, 7) is 5.11. The normalized spacial score (nSPS) is 18.2. The van der Waals surface area contributed by atoms with Gasteiger partial charge in [-0.3, -0.25) is 14.4 Å². The molecule has 0 spiro atoms. The fraction of sp³-hybridized carbons (Fsp3) is 0.812. The van der Waals surface area contributed by atoms with Gasteiger partial charge in [-0.05, 0) is 6.42 Å². The molecule has 0 aromatic rings. The highest BCUT2D eigenvalue weighted by molar-refractivity contribution is 6.15. The Morgan fingerprint density at radius 1 is 0.952 bits per heavy atom. The lowest BCUT2D eigenvalue weighted by molar-refractivity contribution is -0.238. The smallest absolute Gasteiger partial charge is 0.331 e. The molecule has 0 saturated carbocycles. The molecular formula is C16H26O5. The highest BCUT2D eigenvalue weighted by Gasteiger charge is 2.46. The van der Waals surface area contributed by atoms with Crippen LogP contribution < -0.4 is 0 Å². The van der Waals surface area contributed by atoms with Crippen LogP contribution in [0.3, 0.4) is 0 Å². The van der Waals surface area contributed by atoms with Crippen molar-refractivity contribution in [1.82, 2.24) is 0 Å². The van der Waals surface area contributed by atoms with E-state index in [4.69, 9.17) is 9.47 Å². The van der Waals surface area contributed by atoms with E-state index in [2.05, 4.69) is 6.92 Å². The summed E-state index contributed by atoms with van der Waals surface area (Å²) < 4.78 is 9.89. The maximum absolute atomic E-state index is 12.0. The molecule has 21 heavy (non-hydrogen) atoms. The molecule has 1 fully saturated rings. The van der Waals surface area contributed by atoms with Gasteiger partial charge in [-0.25, -0.2) is 0 Å². The van der Waals surface area contributed by atoms with Crippen molar-refractivity contribution in [3.63, 3.8) is 0 Å². The minimum Gasteiger partial charge on any atom is -0.422 e. The summed E-state index contributed by atoms with van der Waals surface area (Å²) in [5.41, 5.74) is 0. The Morgan fingerprint density at radius 3 is 1.95 bits per heavy atom. The van der Waals surface area contributed by atoms with Gasteiger partial charge in [0.25, 0.3) is 5.79 Å². The Balaban J connectivity index is 2.29. The van der Waals surface area contributed by atoms with Crippen molar-refractivity contribution in [2.75, 3.05) is 0 Å². The van der Waals surface area contributed by atoms with E-state index < -0.39 is 29.4 Å². The van der Waals surface area contributed by atoms with E-state index in [9.17, 15) is 14.4 Å². The first kappa shape index (κ1) is 17.7. The second kappa shape index (κ2) is 8.15. The van der Waals surface area contributed by atoms with Crippen molar-refractivity contribution in [1.29, 1.82) is 0 Å². The van der Waals surface area contributed by atoms with Gasteiger partial charge in [0.2, 0.25) is 5.92 Å². The van der Waals surface area contributed by atoms with E-state index in [-0.39, 0.29) is 6.42 Å². The maximum atomic E-state index is 12.0. The fourth-order valence-electron chi connectivity index (χ4n) is 2.38. The molecule has 5 nitrogen and oxygen atoms in total. The van der Waals surface area contributed by atoms with Crippen LogP contribution in [-0.4, -0.2) is 23.5 Å². The van der Waals surface area contributed by atoms with E-state index in [0.29, 0.717) is 6.42 Å². The zero-order chi connectivity index (χ0) is 15.9. The molecule has 0 unspecified atom stereocenters. The minimum absolute atomic E-state index is 0.225. The number of rotatable bonds is 9. The van der Waals surface area contributed by atoms with E-state index in [0.717, 1.165) is 12.8 Å². The Bertz CT molecular complexity index is 366. The average molecular weight is 298 g/mol. The number of ether oxygens (including phenoxy) is 2. The van der Waals surface area contributed by atoms with Crippen LogP contribution in [0.4, 0.5) is 0 Å². The average Bonchev–Trinajstić information content (AvgIpc) is 2.35. The lowest BCUT2D eigenvalue weighted by atomic mass is 9.97. The third-order valence-corrected chi connectivity index (χ3v) is 3.51. The van der Waals surface area contributed by atoms with Crippen molar-refractivity contribution in [2.24, 2.45) is 5.92 Å². The van der Waals surface area contributed by atoms with Crippen LogP contribution >= 0.6 is 0 Å². The van der Waals surface area contributed by atoms with Gasteiger partial charge in [-0.1, -0.05) is 45.4 Å². The van der Waals surface area contributed by atoms with Crippen LogP contribution in [0, 0.1) is 5.92 Å². The predicted molar refractivity (Wildman–Crippen MR) is 77.4 cm³/mol. The van der Waals surface area contributed by atoms with Crippen LogP contribution in [0.1, 0.15) is 72.1 Å². The van der Waals surface area contributed by atoms with E-state index in [1.165, 1.54) is 39.5 Å². The topological polar surface area (TPSA) is 69.7 Å². The second-order valence-electron chi connectivity index (χ2n) is 6.01. The number of carbonyl (C=O) groups excluding carboxylic acids is 3. The van der Waals surface area contributed by atoms with E-state index in [1.54, 1.807) is 0 Å². The van der Waals surface area contributed by atoms with Gasteiger partial charge in [0.15, 0.2) is 5.78 Å². The minimum atomic E-state index is -1.39. The predicted octanol–water partition coefficient (Wildman–Crippen LogP) is 3.15. The molecule has 0 radical (unpaired) electrons. The SMILES string of the molecule is CCCCCCCCCC(=O)C1C(=O)OC(C)(C)OC1=O. The number of carbonyl (C=O) groups is 3. The lowest BCUT2D eigenvalue weighted by Gasteiger charge is -2.32. The van der Waals surface area contributed by atoms with Crippen LogP contribution in [0.2, 0.25) is 0 Å². The van der Waals surface area contributed by atoms with E-state index >= 15 is 0 Å². The highest BCUT2D eigenvalue weighted by Crippen LogP contribution is 2.24. The highest BCUT2D eigenvalue weighted by atomic mass is 16.7. The quantitative estimate of drug-likeness (QED) is 0.371. The maximum Gasteiger partial charge on any atom is 0.331 e. The van der Waals surface area contributed by atoms with Gasteiger partial charge in [0, 0.05) is 20.3 Å². The van der Waals surface area contributed by atoms with Crippen molar-refractivity contribution < 1.29 is 23.9 Å². The molecule has 1 aliphatic rings. The van der Waals surface area contributed by atoms with Crippen LogP contribution in [0.15, 0.2) is 0 Å². The standard InChI is InChI=1S/C16H26O5/c1-4-5-6-7-8-9-10-11-12(17)13-14(18)20-16(2,3)21-15(13)19/h13H,4-11H2,1-3H3. The van der Waals surface area contributed by atoms with E-state index in [1.807, 2.05) is 0 Å². The van der Waals surface area contributed by atoms with Gasteiger partial charge >= 0.3 is 11.9 Å². The summed E-state index contributed by atoms with van der Waals surface area (Å²) >= 11 is 0. The Morgan fingerprint density at radius 2 is 1.43 bits per heavy atom. The lowest BCUT2D eigenvalue weighted by Crippen LogP contribution is -2.49. The molecule has 1 heterocycles. The molecule has 1 saturated heterocycles. The van der Waals surface area contributed by atoms with Crippen LogP contribution in [-0.2, 0) is 23.9 Å². The van der Waals surface area contributed by atoms with Crippen molar-refractivity contribution in [3.05, 3.63) is 0 Å². The van der Waals surface area contributed by atoms with Crippen LogP contribution in [0.5, 0.6) is 0 Å². The van der Waals surface area contributed by atoms with Gasteiger partial charge in [0.1, 0.15) is 0 Å². The largest absolute Gasteiger partial charge is 0.422 e. The van der Waals surface area contributed by atoms with Gasteiger partial charge in [0.05, 0.1) is 0 Å². The Kier molecular flexibility index (Phi) is 6.85. The molecule has 0 bridgehead atoms. The molecule has 1 rings (SSSR count). The molecule has 0 amide bonds. The number of esters is 2. The molecule has 1 aliphatic heterocycles. The molecule has 5 heteroatoms. The number of hydrogen-bond acceptors (Lipinski definition) is 5. The summed E-state index contributed by atoms with van der Waals surface area (Å²) in [6, 6.07) is 0. The molecule has 0 aliphatic carbocycles. The van der Waals surface area contributed by atoms with Crippen molar-refractivity contribution in [2.45, 2.75) is 77.9 Å². The summed E-state index contributed by atoms with van der Waals surface area (Å²) in [7, 11) is 0. The Hall–Kier alpha value is -1.39. The number of ketones is 1. The number of hydrogen-bond donors (Lipinski definition) is 0. The molecule has 0 aromatic heterocycles. The summed E-state index contributed by atoms with van der Waals surface area (Å²) in [4.78, 5) is 35.4. The zero-order valence-corrected chi connectivity index (χ0v) is 13.3. The number of unbranched alkanes of at least 4 members (excludes halogenated alkanes) is 6. The molecule has 0 N–H and O–H groups in total. The fourth-order valence-corrected chi connectivity index (χ4v) is 2.38. The molecule has 120 valence electrons. The molecule has 0 aromatic carbocycles. The third kappa shape index (κ3) is 5.86. The second-order valence-corrected chi connectivity index (χ2v) is 6.01. The zero-order valence-electron chi connectivity index (χ0n) is 13.3. The summed E-state index contributed by atoms with van der Waals surface area (Å²) in [6.07, 6.45) is 7.80. The third-order valence-electron chi connectivity index (χ3n) is 3.51. The number of cyclic esters (lactones) is 2. The first-order valence-electron chi connectivity index (χ1n) is 7.86.